The van der Waals surface area contributed by atoms with E-state index in [1.54, 1.807) is 24.3 Å². The third-order valence-corrected chi connectivity index (χ3v) is 3.21. The minimum Gasteiger partial charge on any atom is -0.352 e. The van der Waals surface area contributed by atoms with Gasteiger partial charge in [-0.2, -0.15) is 0 Å². The van der Waals surface area contributed by atoms with E-state index in [1.807, 2.05) is 6.92 Å². The summed E-state index contributed by atoms with van der Waals surface area (Å²) >= 11 is 0. The van der Waals surface area contributed by atoms with Gasteiger partial charge in [-0.1, -0.05) is 19.1 Å². The van der Waals surface area contributed by atoms with Gasteiger partial charge in [-0.3, -0.25) is 9.59 Å². The van der Waals surface area contributed by atoms with Gasteiger partial charge in [-0.05, 0) is 12.1 Å². The van der Waals surface area contributed by atoms with Crippen molar-refractivity contribution in [2.45, 2.75) is 13.3 Å². The van der Waals surface area contributed by atoms with E-state index in [9.17, 15) is 9.59 Å². The molecule has 0 saturated carbocycles. The third-order valence-electron chi connectivity index (χ3n) is 3.21. The molecule has 1 aromatic carbocycles. The molecule has 0 spiro atoms. The van der Waals surface area contributed by atoms with Crippen molar-refractivity contribution in [1.29, 1.82) is 0 Å². The molecule has 0 bridgehead atoms. The number of benzene rings is 1. The van der Waals surface area contributed by atoms with E-state index in [2.05, 4.69) is 10.6 Å². The Morgan fingerprint density at radius 3 is 2.33 bits per heavy atom. The van der Waals surface area contributed by atoms with Crippen LogP contribution in [0.3, 0.4) is 0 Å². The van der Waals surface area contributed by atoms with Crippen molar-refractivity contribution in [2.24, 2.45) is 5.92 Å². The number of hydrogen-bond donors (Lipinski definition) is 2. The van der Waals surface area contributed by atoms with Crippen LogP contribution in [-0.4, -0.2) is 31.3 Å². The maximum atomic E-state index is 11.8. The summed E-state index contributed by atoms with van der Waals surface area (Å²) in [6, 6.07) is 6.84. The normalized spacial score (nSPS) is 14.9. The second kappa shape index (κ2) is 5.78. The minimum absolute atomic E-state index is 0.0719. The zero-order valence-corrected chi connectivity index (χ0v) is 10.5. The smallest absolute Gasteiger partial charge is 0.251 e. The molecule has 0 unspecified atom stereocenters. The van der Waals surface area contributed by atoms with Gasteiger partial charge in [-0.15, -0.1) is 0 Å². The van der Waals surface area contributed by atoms with Gasteiger partial charge in [-0.25, -0.2) is 0 Å². The summed E-state index contributed by atoms with van der Waals surface area (Å²) in [5.41, 5.74) is 1.27. The highest BCUT2D eigenvalue weighted by Gasteiger charge is 2.17. The number of ketones is 1. The van der Waals surface area contributed by atoms with Gasteiger partial charge in [0.25, 0.3) is 5.91 Å². The van der Waals surface area contributed by atoms with E-state index >= 15 is 0 Å². The highest BCUT2D eigenvalue weighted by atomic mass is 16.1. The van der Waals surface area contributed by atoms with Gasteiger partial charge in [0.2, 0.25) is 0 Å². The molecule has 0 radical (unpaired) electrons. The fourth-order valence-corrected chi connectivity index (χ4v) is 1.84. The van der Waals surface area contributed by atoms with Crippen LogP contribution in [-0.2, 0) is 0 Å². The second-order valence-electron chi connectivity index (χ2n) is 4.59. The summed E-state index contributed by atoms with van der Waals surface area (Å²) in [6.07, 6.45) is 0.486. The van der Waals surface area contributed by atoms with Crippen LogP contribution in [0, 0.1) is 5.92 Å². The minimum atomic E-state index is -0.0719. The number of rotatable bonds is 5. The Morgan fingerprint density at radius 1 is 1.22 bits per heavy atom. The topological polar surface area (TPSA) is 58.2 Å². The predicted octanol–water partition coefficient (Wildman–Crippen LogP) is 1.23. The summed E-state index contributed by atoms with van der Waals surface area (Å²) < 4.78 is 0. The van der Waals surface area contributed by atoms with E-state index < -0.39 is 0 Å². The third kappa shape index (κ3) is 2.96. The standard InChI is InChI=1S/C14H18N2O2/c1-2-13(17)11-3-5-12(6-4-11)14(18)16-9-10-7-15-8-10/h3-6,10,15H,2,7-9H2,1H3,(H,16,18). The average molecular weight is 246 g/mol. The molecule has 1 fully saturated rings. The Morgan fingerprint density at radius 2 is 1.83 bits per heavy atom. The predicted molar refractivity (Wildman–Crippen MR) is 69.8 cm³/mol. The maximum Gasteiger partial charge on any atom is 0.251 e. The molecule has 1 aliphatic heterocycles. The van der Waals surface area contributed by atoms with Crippen LogP contribution in [0.1, 0.15) is 34.1 Å². The first-order valence-corrected chi connectivity index (χ1v) is 6.33. The number of nitrogens with one attached hydrogen (secondary N) is 2. The van der Waals surface area contributed by atoms with Crippen LogP contribution in [0.25, 0.3) is 0 Å². The lowest BCUT2D eigenvalue weighted by atomic mass is 10.0. The first-order chi connectivity index (χ1) is 8.70. The van der Waals surface area contributed by atoms with Gasteiger partial charge >= 0.3 is 0 Å². The van der Waals surface area contributed by atoms with Crippen LogP contribution in [0.4, 0.5) is 0 Å². The number of Topliss-reactive ketones (excluding diaryl/α,β-unsaturated/α-hetero) is 1. The molecule has 0 aliphatic carbocycles. The van der Waals surface area contributed by atoms with Crippen LogP contribution in [0.5, 0.6) is 0 Å². The summed E-state index contributed by atoms with van der Waals surface area (Å²) in [5.74, 6) is 0.579. The van der Waals surface area contributed by atoms with E-state index in [-0.39, 0.29) is 11.7 Å². The Labute approximate surface area is 107 Å². The monoisotopic (exact) mass is 246 g/mol. The van der Waals surface area contributed by atoms with E-state index in [1.165, 1.54) is 0 Å². The second-order valence-corrected chi connectivity index (χ2v) is 4.59. The molecule has 1 aromatic rings. The molecule has 1 saturated heterocycles. The molecule has 96 valence electrons. The fraction of sp³-hybridized carbons (Fsp3) is 0.429. The molecule has 1 amide bonds. The Balaban J connectivity index is 1.91. The van der Waals surface area contributed by atoms with Gasteiger partial charge < -0.3 is 10.6 Å². The molecule has 4 nitrogen and oxygen atoms in total. The fourth-order valence-electron chi connectivity index (χ4n) is 1.84. The molecule has 0 atom stereocenters. The van der Waals surface area contributed by atoms with Gasteiger partial charge in [0.1, 0.15) is 0 Å². The summed E-state index contributed by atoms with van der Waals surface area (Å²) in [4.78, 5) is 23.3. The Hall–Kier alpha value is -1.68. The van der Waals surface area contributed by atoms with Gasteiger partial charge in [0.05, 0.1) is 0 Å². The molecule has 2 N–H and O–H groups in total. The van der Waals surface area contributed by atoms with Crippen LogP contribution in [0.2, 0.25) is 0 Å². The average Bonchev–Trinajstić information content (AvgIpc) is 2.36. The molecular weight excluding hydrogens is 228 g/mol. The lowest BCUT2D eigenvalue weighted by molar-refractivity contribution is 0.0939. The first-order valence-electron chi connectivity index (χ1n) is 6.33. The highest BCUT2D eigenvalue weighted by molar-refractivity contribution is 5.98. The van der Waals surface area contributed by atoms with Crippen molar-refractivity contribution in [3.8, 4) is 0 Å². The zero-order chi connectivity index (χ0) is 13.0. The Kier molecular flexibility index (Phi) is 4.10. The van der Waals surface area contributed by atoms with Crippen molar-refractivity contribution >= 4 is 11.7 Å². The molecular formula is C14H18N2O2. The lowest BCUT2D eigenvalue weighted by Crippen LogP contribution is -2.48. The summed E-state index contributed by atoms with van der Waals surface area (Å²) in [7, 11) is 0. The lowest BCUT2D eigenvalue weighted by Gasteiger charge is -2.27. The van der Waals surface area contributed by atoms with Crippen molar-refractivity contribution < 1.29 is 9.59 Å². The molecule has 1 heterocycles. The largest absolute Gasteiger partial charge is 0.352 e. The molecule has 18 heavy (non-hydrogen) atoms. The van der Waals surface area contributed by atoms with Crippen molar-refractivity contribution in [3.05, 3.63) is 35.4 Å². The molecule has 1 aliphatic rings. The van der Waals surface area contributed by atoms with Crippen LogP contribution in [0.15, 0.2) is 24.3 Å². The van der Waals surface area contributed by atoms with Crippen molar-refractivity contribution in [1.82, 2.24) is 10.6 Å². The molecule has 4 heteroatoms. The number of carbonyl (C=O) groups excluding carboxylic acids is 2. The zero-order valence-electron chi connectivity index (χ0n) is 10.5. The number of carbonyl (C=O) groups is 2. The van der Waals surface area contributed by atoms with Gasteiger partial charge in [0, 0.05) is 43.1 Å². The quantitative estimate of drug-likeness (QED) is 0.768. The first kappa shape index (κ1) is 12.8. The van der Waals surface area contributed by atoms with Crippen molar-refractivity contribution in [3.63, 3.8) is 0 Å². The summed E-state index contributed by atoms with van der Waals surface area (Å²) in [5, 5.41) is 6.06. The molecule has 0 aromatic heterocycles. The van der Waals surface area contributed by atoms with Crippen LogP contribution < -0.4 is 10.6 Å². The number of amides is 1. The number of hydrogen-bond acceptors (Lipinski definition) is 3. The van der Waals surface area contributed by atoms with E-state index in [4.69, 9.17) is 0 Å². The molecule has 2 rings (SSSR count). The maximum absolute atomic E-state index is 11.8. The van der Waals surface area contributed by atoms with E-state index in [0.29, 0.717) is 30.0 Å². The van der Waals surface area contributed by atoms with Gasteiger partial charge in [0.15, 0.2) is 5.78 Å². The Bertz CT molecular complexity index is 436. The SMILES string of the molecule is CCC(=O)c1ccc(C(=O)NCC2CNC2)cc1. The van der Waals surface area contributed by atoms with E-state index in [0.717, 1.165) is 13.1 Å². The van der Waals surface area contributed by atoms with Crippen molar-refractivity contribution in [2.75, 3.05) is 19.6 Å². The summed E-state index contributed by atoms with van der Waals surface area (Å²) in [6.45, 7) is 4.49. The van der Waals surface area contributed by atoms with Crippen LogP contribution >= 0.6 is 0 Å². The highest BCUT2D eigenvalue weighted by Crippen LogP contribution is 2.07.